The summed E-state index contributed by atoms with van der Waals surface area (Å²) in [5, 5.41) is 3.13. The summed E-state index contributed by atoms with van der Waals surface area (Å²) in [5.74, 6) is 0.702. The van der Waals surface area contributed by atoms with Crippen LogP contribution < -0.4 is 10.1 Å². The fourth-order valence-electron chi connectivity index (χ4n) is 2.83. The number of carbonyl (C=O) groups excluding carboxylic acids is 2. The van der Waals surface area contributed by atoms with E-state index in [0.717, 1.165) is 17.4 Å². The van der Waals surface area contributed by atoms with Crippen LogP contribution in [0.15, 0.2) is 24.3 Å². The van der Waals surface area contributed by atoms with Crippen molar-refractivity contribution in [2.45, 2.75) is 45.3 Å². The molecule has 150 valence electrons. The van der Waals surface area contributed by atoms with E-state index in [2.05, 4.69) is 10.1 Å². The maximum atomic E-state index is 12.3. The van der Waals surface area contributed by atoms with E-state index in [-0.39, 0.29) is 25.8 Å². The third kappa shape index (κ3) is 9.50. The Morgan fingerprint density at radius 3 is 2.44 bits per heavy atom. The number of ether oxygens (including phenoxy) is 1. The van der Waals surface area contributed by atoms with Crippen molar-refractivity contribution < 1.29 is 14.3 Å². The minimum Gasteiger partial charge on any atom is -0.460 e. The van der Waals surface area contributed by atoms with Crippen LogP contribution in [-0.4, -0.2) is 56.1 Å². The van der Waals surface area contributed by atoms with Crippen LogP contribution in [0.1, 0.15) is 32.8 Å². The summed E-state index contributed by atoms with van der Waals surface area (Å²) < 4.78 is 5.43. The van der Waals surface area contributed by atoms with Crippen LogP contribution >= 0.6 is 23.2 Å². The van der Waals surface area contributed by atoms with E-state index < -0.39 is 5.60 Å². The van der Waals surface area contributed by atoms with Gasteiger partial charge in [0.2, 0.25) is 0 Å². The monoisotopic (exact) mass is 414 g/mol. The van der Waals surface area contributed by atoms with Crippen LogP contribution in [0, 0.1) is 0 Å². The van der Waals surface area contributed by atoms with Gasteiger partial charge in [-0.2, -0.15) is 0 Å². The predicted octanol–water partition coefficient (Wildman–Crippen LogP) is 2.74. The van der Waals surface area contributed by atoms with Crippen molar-refractivity contribution in [3.63, 3.8) is 0 Å². The summed E-state index contributed by atoms with van der Waals surface area (Å²) in [6, 6.07) is 7.77. The maximum absolute atomic E-state index is 12.3. The Kier molecular flexibility index (Phi) is 10.8. The van der Waals surface area contributed by atoms with Gasteiger partial charge in [0, 0.05) is 36.6 Å². The zero-order valence-corrected chi connectivity index (χ0v) is 17.9. The Labute approximate surface area is 173 Å². The van der Waals surface area contributed by atoms with Crippen molar-refractivity contribution in [1.82, 2.24) is 5.23 Å². The molecule has 1 aromatic carbocycles. The standard InChI is InChI=1S/C19H29BCl2N2O3/c1-19(2,3)27-18(26)13-16(23-20-14-25)12-15-6-4-5-7-17(15)24(10-8-21)11-9-22/h4-7,14,16,20,23H,8-13H2,1-3H3/t16-/m0/s1. The third-order valence-electron chi connectivity index (χ3n) is 3.83. The molecule has 0 heterocycles. The molecule has 27 heavy (non-hydrogen) atoms. The van der Waals surface area contributed by atoms with E-state index in [1.54, 1.807) is 0 Å². The number of nitrogens with one attached hydrogen (secondary N) is 1. The Hall–Kier alpha value is -1.24. The average molecular weight is 415 g/mol. The molecule has 0 aliphatic carbocycles. The number of halogens is 2. The highest BCUT2D eigenvalue weighted by atomic mass is 35.5. The second-order valence-electron chi connectivity index (χ2n) is 7.26. The summed E-state index contributed by atoms with van der Waals surface area (Å²) in [7, 11) is 0.183. The Bertz CT molecular complexity index is 591. The van der Waals surface area contributed by atoms with E-state index >= 15 is 0 Å². The molecule has 0 bridgehead atoms. The zero-order chi connectivity index (χ0) is 20.3. The molecule has 1 N–H and O–H groups in total. The fourth-order valence-corrected chi connectivity index (χ4v) is 3.24. The van der Waals surface area contributed by atoms with Gasteiger partial charge in [0.05, 0.1) is 12.6 Å². The molecule has 5 nitrogen and oxygen atoms in total. The summed E-state index contributed by atoms with van der Waals surface area (Å²) in [6.07, 6.45) is 1.57. The number of hydrogen-bond acceptors (Lipinski definition) is 5. The van der Waals surface area contributed by atoms with Gasteiger partial charge >= 0.3 is 5.97 Å². The maximum Gasteiger partial charge on any atom is 0.307 e. The molecule has 0 aromatic heterocycles. The summed E-state index contributed by atoms with van der Waals surface area (Å²) in [6.45, 7) is 6.88. The van der Waals surface area contributed by atoms with Crippen LogP contribution in [-0.2, 0) is 20.7 Å². The number of rotatable bonds is 12. The topological polar surface area (TPSA) is 58.6 Å². The first kappa shape index (κ1) is 23.8. The highest BCUT2D eigenvalue weighted by Gasteiger charge is 2.22. The molecule has 0 aliphatic rings. The fraction of sp³-hybridized carbons (Fsp3) is 0.579. The molecule has 0 unspecified atom stereocenters. The van der Waals surface area contributed by atoms with Crippen molar-refractivity contribution in [1.29, 1.82) is 0 Å². The molecule has 1 atom stereocenters. The number of alkyl halides is 2. The van der Waals surface area contributed by atoms with Crippen molar-refractivity contribution >= 4 is 48.5 Å². The Morgan fingerprint density at radius 1 is 1.26 bits per heavy atom. The number of carbonyl (C=O) groups is 2. The van der Waals surface area contributed by atoms with Gasteiger partial charge in [-0.05, 0) is 38.8 Å². The number of para-hydroxylation sites is 1. The molecule has 0 amide bonds. The normalized spacial score (nSPS) is 12.3. The number of anilines is 1. The number of hydrogen-bond donors (Lipinski definition) is 1. The van der Waals surface area contributed by atoms with Crippen LogP contribution in [0.5, 0.6) is 0 Å². The molecule has 0 saturated heterocycles. The summed E-state index contributed by atoms with van der Waals surface area (Å²) >= 11 is 11.9. The Balaban J connectivity index is 2.96. The predicted molar refractivity (Wildman–Crippen MR) is 115 cm³/mol. The zero-order valence-electron chi connectivity index (χ0n) is 16.3. The molecule has 0 saturated carbocycles. The smallest absolute Gasteiger partial charge is 0.307 e. The van der Waals surface area contributed by atoms with Crippen molar-refractivity contribution in [3.05, 3.63) is 29.8 Å². The second kappa shape index (κ2) is 12.3. The van der Waals surface area contributed by atoms with Gasteiger partial charge in [0.15, 0.2) is 0 Å². The SMILES string of the molecule is CC(C)(C)OC(=O)C[C@H](Cc1ccccc1N(CCCl)CCCl)NBC=O. The number of nitrogens with zero attached hydrogens (tertiary/aromatic N) is 1. The lowest BCUT2D eigenvalue weighted by atomic mass is 9.92. The molecule has 0 spiro atoms. The van der Waals surface area contributed by atoms with Crippen molar-refractivity contribution in [2.75, 3.05) is 29.7 Å². The van der Waals surface area contributed by atoms with Gasteiger partial charge < -0.3 is 19.7 Å². The minimum atomic E-state index is -0.540. The minimum absolute atomic E-state index is 0.183. The summed E-state index contributed by atoms with van der Waals surface area (Å²) in [4.78, 5) is 25.2. The molecule has 1 aromatic rings. The van der Waals surface area contributed by atoms with Gasteiger partial charge in [-0.25, -0.2) is 0 Å². The van der Waals surface area contributed by atoms with Crippen molar-refractivity contribution in [3.8, 4) is 0 Å². The average Bonchev–Trinajstić information content (AvgIpc) is 2.58. The van der Waals surface area contributed by atoms with Crippen LogP contribution in [0.2, 0.25) is 0 Å². The number of benzene rings is 1. The van der Waals surface area contributed by atoms with E-state index in [0.29, 0.717) is 31.3 Å². The molecule has 1 rings (SSSR count). The van der Waals surface area contributed by atoms with Crippen molar-refractivity contribution in [2.24, 2.45) is 0 Å². The van der Waals surface area contributed by atoms with Gasteiger partial charge in [-0.15, -0.1) is 23.2 Å². The van der Waals surface area contributed by atoms with Gasteiger partial charge in [-0.3, -0.25) is 4.79 Å². The van der Waals surface area contributed by atoms with E-state index in [1.165, 1.54) is 0 Å². The lowest BCUT2D eigenvalue weighted by molar-refractivity contribution is -0.155. The highest BCUT2D eigenvalue weighted by Crippen LogP contribution is 2.23. The number of esters is 1. The van der Waals surface area contributed by atoms with Crippen LogP contribution in [0.3, 0.4) is 0 Å². The van der Waals surface area contributed by atoms with E-state index in [4.69, 9.17) is 27.9 Å². The highest BCUT2D eigenvalue weighted by molar-refractivity contribution is 6.64. The second-order valence-corrected chi connectivity index (χ2v) is 8.02. The Morgan fingerprint density at radius 2 is 1.89 bits per heavy atom. The largest absolute Gasteiger partial charge is 0.460 e. The lowest BCUT2D eigenvalue weighted by Crippen LogP contribution is -2.39. The van der Waals surface area contributed by atoms with Gasteiger partial charge in [0.25, 0.3) is 7.41 Å². The van der Waals surface area contributed by atoms with E-state index in [9.17, 15) is 9.59 Å². The van der Waals surface area contributed by atoms with E-state index in [1.807, 2.05) is 45.0 Å². The quantitative estimate of drug-likeness (QED) is 0.246. The van der Waals surface area contributed by atoms with Crippen LogP contribution in [0.25, 0.3) is 0 Å². The summed E-state index contributed by atoms with van der Waals surface area (Å²) in [5.41, 5.74) is 1.57. The van der Waals surface area contributed by atoms with Gasteiger partial charge in [-0.1, -0.05) is 18.2 Å². The van der Waals surface area contributed by atoms with Crippen LogP contribution in [0.4, 0.5) is 5.69 Å². The molecule has 0 radical (unpaired) electrons. The van der Waals surface area contributed by atoms with Gasteiger partial charge in [0.1, 0.15) is 5.60 Å². The molecular weight excluding hydrogens is 386 g/mol. The molecule has 8 heteroatoms. The molecule has 0 aliphatic heterocycles. The first-order valence-corrected chi connectivity index (χ1v) is 10.2. The first-order chi connectivity index (χ1) is 12.8. The molecular formula is C19H29BCl2N2O3. The first-order valence-electron chi connectivity index (χ1n) is 9.14. The lowest BCUT2D eigenvalue weighted by Gasteiger charge is -2.27. The third-order valence-corrected chi connectivity index (χ3v) is 4.17. The molecule has 0 fully saturated rings.